The molecule has 2 amide bonds. The second-order valence-corrected chi connectivity index (χ2v) is 7.05. The van der Waals surface area contributed by atoms with Crippen LogP contribution in [0.3, 0.4) is 0 Å². The summed E-state index contributed by atoms with van der Waals surface area (Å²) in [6.07, 6.45) is 1.40. The van der Waals surface area contributed by atoms with Crippen molar-refractivity contribution in [3.8, 4) is 5.75 Å². The van der Waals surface area contributed by atoms with Crippen LogP contribution in [0.15, 0.2) is 48.5 Å². The number of piperidine rings is 1. The van der Waals surface area contributed by atoms with Crippen molar-refractivity contribution in [1.29, 1.82) is 0 Å². The van der Waals surface area contributed by atoms with Gasteiger partial charge in [-0.1, -0.05) is 0 Å². The van der Waals surface area contributed by atoms with E-state index in [9.17, 15) is 14.0 Å². The fraction of sp³-hybridized carbons (Fsp3) is 0.364. The molecule has 29 heavy (non-hydrogen) atoms. The molecule has 7 heteroatoms. The molecule has 0 aromatic heterocycles. The number of rotatable bonds is 7. The first-order chi connectivity index (χ1) is 14.0. The second-order valence-electron chi connectivity index (χ2n) is 7.05. The summed E-state index contributed by atoms with van der Waals surface area (Å²) in [6, 6.07) is 13.0. The van der Waals surface area contributed by atoms with Gasteiger partial charge in [0, 0.05) is 17.3 Å². The molecule has 6 nitrogen and oxygen atoms in total. The summed E-state index contributed by atoms with van der Waals surface area (Å²) in [7, 11) is 0. The van der Waals surface area contributed by atoms with Gasteiger partial charge in [-0.3, -0.25) is 14.5 Å². The van der Waals surface area contributed by atoms with Crippen LogP contribution in [-0.2, 0) is 9.59 Å². The second kappa shape index (κ2) is 10.0. The van der Waals surface area contributed by atoms with Gasteiger partial charge in [0.15, 0.2) is 0 Å². The molecule has 3 rings (SSSR count). The third-order valence-electron chi connectivity index (χ3n) is 4.89. The van der Waals surface area contributed by atoms with E-state index in [1.54, 1.807) is 0 Å². The maximum Gasteiger partial charge on any atom is 0.238 e. The summed E-state index contributed by atoms with van der Waals surface area (Å²) in [5, 5.41) is 5.71. The number of likely N-dealkylation sites (tertiary alicyclic amines) is 1. The fourth-order valence-corrected chi connectivity index (χ4v) is 3.34. The van der Waals surface area contributed by atoms with Crippen molar-refractivity contribution in [2.75, 3.05) is 36.9 Å². The summed E-state index contributed by atoms with van der Waals surface area (Å²) in [5.74, 6) is 0.225. The van der Waals surface area contributed by atoms with E-state index in [2.05, 4.69) is 10.6 Å². The van der Waals surface area contributed by atoms with Gasteiger partial charge in [-0.05, 0) is 81.4 Å². The minimum absolute atomic E-state index is 0.00423. The maximum atomic E-state index is 12.9. The highest BCUT2D eigenvalue weighted by molar-refractivity contribution is 5.93. The third-order valence-corrected chi connectivity index (χ3v) is 4.89. The van der Waals surface area contributed by atoms with Crippen molar-refractivity contribution in [3.05, 3.63) is 54.3 Å². The molecule has 0 spiro atoms. The van der Waals surface area contributed by atoms with Crippen molar-refractivity contribution < 1.29 is 18.7 Å². The molecule has 1 aliphatic heterocycles. The minimum atomic E-state index is -0.339. The number of anilines is 2. The van der Waals surface area contributed by atoms with Crippen LogP contribution in [0, 0.1) is 11.7 Å². The third kappa shape index (κ3) is 6.29. The summed E-state index contributed by atoms with van der Waals surface area (Å²) >= 11 is 0. The first-order valence-corrected chi connectivity index (χ1v) is 9.85. The van der Waals surface area contributed by atoms with Crippen molar-refractivity contribution in [3.63, 3.8) is 0 Å². The van der Waals surface area contributed by atoms with E-state index < -0.39 is 0 Å². The number of benzene rings is 2. The Morgan fingerprint density at radius 3 is 2.21 bits per heavy atom. The number of hydrogen-bond donors (Lipinski definition) is 2. The molecule has 1 fully saturated rings. The normalized spacial score (nSPS) is 15.0. The molecule has 0 unspecified atom stereocenters. The van der Waals surface area contributed by atoms with Crippen LogP contribution in [-0.4, -0.2) is 43.0 Å². The van der Waals surface area contributed by atoms with Crippen molar-refractivity contribution in [1.82, 2.24) is 4.90 Å². The van der Waals surface area contributed by atoms with Gasteiger partial charge in [0.05, 0.1) is 13.2 Å². The van der Waals surface area contributed by atoms with Gasteiger partial charge in [-0.15, -0.1) is 0 Å². The van der Waals surface area contributed by atoms with Crippen LogP contribution in [0.4, 0.5) is 15.8 Å². The molecule has 0 saturated carbocycles. The number of carbonyl (C=O) groups is 2. The predicted molar refractivity (Wildman–Crippen MR) is 110 cm³/mol. The smallest absolute Gasteiger partial charge is 0.238 e. The highest BCUT2D eigenvalue weighted by atomic mass is 19.1. The molecule has 0 bridgehead atoms. The molecule has 1 aliphatic rings. The minimum Gasteiger partial charge on any atom is -0.494 e. The Balaban J connectivity index is 1.41. The Kier molecular flexibility index (Phi) is 7.19. The fourth-order valence-electron chi connectivity index (χ4n) is 3.34. The molecule has 2 aromatic carbocycles. The van der Waals surface area contributed by atoms with Crippen LogP contribution in [0.2, 0.25) is 0 Å². The van der Waals surface area contributed by atoms with Crippen molar-refractivity contribution in [2.45, 2.75) is 19.8 Å². The van der Waals surface area contributed by atoms with Crippen molar-refractivity contribution in [2.24, 2.45) is 5.92 Å². The Bertz CT molecular complexity index is 816. The number of amides is 2. The molecule has 1 heterocycles. The van der Waals surface area contributed by atoms with Crippen LogP contribution in [0.5, 0.6) is 5.75 Å². The summed E-state index contributed by atoms with van der Waals surface area (Å²) in [5.41, 5.74) is 1.32. The quantitative estimate of drug-likeness (QED) is 0.748. The van der Waals surface area contributed by atoms with Crippen molar-refractivity contribution >= 4 is 23.2 Å². The van der Waals surface area contributed by atoms with Crippen LogP contribution in [0.1, 0.15) is 19.8 Å². The lowest BCUT2D eigenvalue weighted by Gasteiger charge is -2.30. The summed E-state index contributed by atoms with van der Waals surface area (Å²) < 4.78 is 18.3. The zero-order valence-electron chi connectivity index (χ0n) is 16.5. The summed E-state index contributed by atoms with van der Waals surface area (Å²) in [6.45, 7) is 4.14. The SMILES string of the molecule is CCOc1ccc(NC(=O)C2CCN(CC(=O)Nc3ccc(F)cc3)CC2)cc1. The van der Waals surface area contributed by atoms with E-state index in [1.807, 2.05) is 36.1 Å². The Morgan fingerprint density at radius 2 is 1.59 bits per heavy atom. The standard InChI is InChI=1S/C22H26FN3O3/c1-2-29-20-9-7-19(8-10-20)25-22(28)16-11-13-26(14-12-16)15-21(27)24-18-5-3-17(23)4-6-18/h3-10,16H,2,11-15H2,1H3,(H,24,27)(H,25,28). The van der Waals surface area contributed by atoms with Gasteiger partial charge in [0.25, 0.3) is 0 Å². The van der Waals surface area contributed by atoms with Crippen LogP contribution >= 0.6 is 0 Å². The Hall–Kier alpha value is -2.93. The molecule has 0 aliphatic carbocycles. The van der Waals surface area contributed by atoms with Gasteiger partial charge in [-0.2, -0.15) is 0 Å². The van der Waals surface area contributed by atoms with E-state index in [0.717, 1.165) is 11.4 Å². The van der Waals surface area contributed by atoms with E-state index in [1.165, 1.54) is 24.3 Å². The monoisotopic (exact) mass is 399 g/mol. The zero-order valence-corrected chi connectivity index (χ0v) is 16.5. The van der Waals surface area contributed by atoms with E-state index in [4.69, 9.17) is 4.74 Å². The zero-order chi connectivity index (χ0) is 20.6. The van der Waals surface area contributed by atoms with Crippen LogP contribution < -0.4 is 15.4 Å². The Morgan fingerprint density at radius 1 is 1.00 bits per heavy atom. The van der Waals surface area contributed by atoms with Gasteiger partial charge >= 0.3 is 0 Å². The van der Waals surface area contributed by atoms with E-state index >= 15 is 0 Å². The number of halogens is 1. The lowest BCUT2D eigenvalue weighted by atomic mass is 9.96. The van der Waals surface area contributed by atoms with E-state index in [0.29, 0.717) is 38.2 Å². The first-order valence-electron chi connectivity index (χ1n) is 9.85. The number of nitrogens with zero attached hydrogens (tertiary/aromatic N) is 1. The Labute approximate surface area is 170 Å². The average molecular weight is 399 g/mol. The largest absolute Gasteiger partial charge is 0.494 e. The highest BCUT2D eigenvalue weighted by Crippen LogP contribution is 2.21. The maximum absolute atomic E-state index is 12.9. The summed E-state index contributed by atoms with van der Waals surface area (Å²) in [4.78, 5) is 26.7. The first kappa shape index (κ1) is 20.8. The van der Waals surface area contributed by atoms with Gasteiger partial charge < -0.3 is 15.4 Å². The molecule has 1 saturated heterocycles. The van der Waals surface area contributed by atoms with Gasteiger partial charge in [-0.25, -0.2) is 4.39 Å². The van der Waals surface area contributed by atoms with Gasteiger partial charge in [0.1, 0.15) is 11.6 Å². The lowest BCUT2D eigenvalue weighted by Crippen LogP contribution is -2.41. The predicted octanol–water partition coefficient (Wildman–Crippen LogP) is 3.51. The highest BCUT2D eigenvalue weighted by Gasteiger charge is 2.26. The van der Waals surface area contributed by atoms with Gasteiger partial charge in [0.2, 0.25) is 11.8 Å². The molecule has 0 atom stereocenters. The lowest BCUT2D eigenvalue weighted by molar-refractivity contribution is -0.121. The number of ether oxygens (including phenoxy) is 1. The number of nitrogens with one attached hydrogen (secondary N) is 2. The van der Waals surface area contributed by atoms with E-state index in [-0.39, 0.29) is 30.1 Å². The van der Waals surface area contributed by atoms with Crippen LogP contribution in [0.25, 0.3) is 0 Å². The molecule has 154 valence electrons. The molecule has 0 radical (unpaired) electrons. The average Bonchev–Trinajstić information content (AvgIpc) is 2.72. The molecular weight excluding hydrogens is 373 g/mol. The molecule has 2 N–H and O–H groups in total. The number of hydrogen-bond acceptors (Lipinski definition) is 4. The topological polar surface area (TPSA) is 70.7 Å². The molecule has 2 aromatic rings. The molecular formula is C22H26FN3O3. The number of carbonyl (C=O) groups excluding carboxylic acids is 2.